The summed E-state index contributed by atoms with van der Waals surface area (Å²) in [5.74, 6) is 0. The van der Waals surface area contributed by atoms with Gasteiger partial charge in [-0.1, -0.05) is 0 Å². The van der Waals surface area contributed by atoms with E-state index in [1.807, 2.05) is 0 Å². The van der Waals surface area contributed by atoms with Crippen molar-refractivity contribution in [2.75, 3.05) is 0 Å². The van der Waals surface area contributed by atoms with Crippen molar-refractivity contribution in [2.45, 2.75) is 6.54 Å². The Bertz CT molecular complexity index is 161. The van der Waals surface area contributed by atoms with Gasteiger partial charge in [0.25, 0.3) is 0 Å². The van der Waals surface area contributed by atoms with Crippen molar-refractivity contribution in [3.05, 3.63) is 31.3 Å². The molecule has 0 unspecified atom stereocenters. The largest absolute Gasteiger partial charge is 0.305 e. The maximum Gasteiger partial charge on any atom is 0.0724 e. The van der Waals surface area contributed by atoms with Crippen LogP contribution >= 0.6 is 0 Å². The van der Waals surface area contributed by atoms with E-state index in [1.54, 1.807) is 18.6 Å². The molecule has 0 saturated carbocycles. The lowest BCUT2D eigenvalue weighted by Crippen LogP contribution is -2.03. The number of rotatable bonds is 2. The van der Waals surface area contributed by atoms with E-state index in [9.17, 15) is 0 Å². The van der Waals surface area contributed by atoms with Crippen molar-refractivity contribution in [3.8, 4) is 0 Å². The predicted octanol–water partition coefficient (Wildman–Crippen LogP) is 0.235. The van der Waals surface area contributed by atoms with Crippen LogP contribution in [0.25, 0.3) is 0 Å². The first-order chi connectivity index (χ1) is 4.43. The van der Waals surface area contributed by atoms with E-state index in [0.29, 0.717) is 6.54 Å². The summed E-state index contributed by atoms with van der Waals surface area (Å²) in [6, 6.07) is 0. The van der Waals surface area contributed by atoms with Crippen LogP contribution in [0.1, 0.15) is 5.69 Å². The van der Waals surface area contributed by atoms with Gasteiger partial charge < -0.3 is 5.32 Å². The molecule has 1 aromatic heterocycles. The van der Waals surface area contributed by atoms with Crippen LogP contribution in [-0.2, 0) is 6.54 Å². The normalized spacial score (nSPS) is 9.44. The monoisotopic (exact) mass is 121 g/mol. The Kier molecular flexibility index (Phi) is 2.15. The van der Waals surface area contributed by atoms with Crippen molar-refractivity contribution in [1.29, 1.82) is 0 Å². The molecule has 0 spiro atoms. The number of aromatic nitrogens is 2. The molecule has 1 aromatic rings. The maximum absolute atomic E-state index is 5.04. The highest BCUT2D eigenvalue weighted by Gasteiger charge is 1.86. The fourth-order valence-electron chi connectivity index (χ4n) is 0.526. The molecule has 1 heterocycles. The zero-order valence-corrected chi connectivity index (χ0v) is 4.91. The molecule has 0 fully saturated rings. The summed E-state index contributed by atoms with van der Waals surface area (Å²) in [7, 11) is 5.04. The molecule has 0 bridgehead atoms. The van der Waals surface area contributed by atoms with Crippen LogP contribution in [-0.4, -0.2) is 9.97 Å². The molecule has 1 rings (SSSR count). The van der Waals surface area contributed by atoms with E-state index < -0.39 is 0 Å². The van der Waals surface area contributed by atoms with Gasteiger partial charge in [0.2, 0.25) is 0 Å². The Balaban J connectivity index is 2.61. The minimum atomic E-state index is 0.563. The average Bonchev–Trinajstić information content (AvgIpc) is 1.91. The lowest BCUT2D eigenvalue weighted by molar-refractivity contribution is 0.823. The molecule has 0 aliphatic heterocycles. The maximum atomic E-state index is 5.04. The van der Waals surface area contributed by atoms with Crippen LogP contribution in [0.4, 0.5) is 0 Å². The van der Waals surface area contributed by atoms with Gasteiger partial charge in [0.15, 0.2) is 0 Å². The molecule has 0 amide bonds. The van der Waals surface area contributed by atoms with E-state index in [1.165, 1.54) is 0 Å². The lowest BCUT2D eigenvalue weighted by atomic mass is 10.4. The Morgan fingerprint density at radius 1 is 1.56 bits per heavy atom. The highest BCUT2D eigenvalue weighted by molar-refractivity contribution is 4.93. The van der Waals surface area contributed by atoms with E-state index in [4.69, 9.17) is 7.05 Å². The first-order valence-electron chi connectivity index (χ1n) is 2.62. The van der Waals surface area contributed by atoms with E-state index >= 15 is 0 Å². The Hall–Kier alpha value is -0.960. The summed E-state index contributed by atoms with van der Waals surface area (Å²) < 4.78 is 0. The van der Waals surface area contributed by atoms with Crippen LogP contribution < -0.4 is 5.32 Å². The summed E-state index contributed by atoms with van der Waals surface area (Å²) in [4.78, 5) is 7.81. The summed E-state index contributed by atoms with van der Waals surface area (Å²) in [6.45, 7) is 0.563. The number of nitrogens with zero attached hydrogens (tertiary/aromatic N) is 2. The van der Waals surface area contributed by atoms with Crippen molar-refractivity contribution in [3.63, 3.8) is 0 Å². The van der Waals surface area contributed by atoms with Gasteiger partial charge in [-0.3, -0.25) is 9.97 Å². The first kappa shape index (κ1) is 6.16. The second kappa shape index (κ2) is 3.14. The minimum Gasteiger partial charge on any atom is -0.305 e. The SMILES string of the molecule is [CH]NCc1cnccn1. The Labute approximate surface area is 54.2 Å². The molecule has 3 heteroatoms. The molecule has 46 valence electrons. The quantitative estimate of drug-likeness (QED) is 0.569. The van der Waals surface area contributed by atoms with Crippen LogP contribution in [0.5, 0.6) is 0 Å². The van der Waals surface area contributed by atoms with Crippen LogP contribution in [0, 0.1) is 7.05 Å². The third kappa shape index (κ3) is 1.77. The minimum absolute atomic E-state index is 0.563. The van der Waals surface area contributed by atoms with E-state index in [-0.39, 0.29) is 0 Å². The first-order valence-corrected chi connectivity index (χ1v) is 2.62. The fraction of sp³-hybridized carbons (Fsp3) is 0.167. The standard InChI is InChI=1S/C6H7N3/c1-7-4-6-5-8-2-3-9-6/h1-3,5,7H,4H2. The summed E-state index contributed by atoms with van der Waals surface area (Å²) in [6.07, 6.45) is 4.92. The molecular formula is C6H7N3. The van der Waals surface area contributed by atoms with Gasteiger partial charge in [-0.2, -0.15) is 0 Å². The Morgan fingerprint density at radius 3 is 3.00 bits per heavy atom. The number of hydrogen-bond acceptors (Lipinski definition) is 3. The molecule has 9 heavy (non-hydrogen) atoms. The highest BCUT2D eigenvalue weighted by atomic mass is 14.9. The fourth-order valence-corrected chi connectivity index (χ4v) is 0.526. The third-order valence-corrected chi connectivity index (χ3v) is 0.900. The van der Waals surface area contributed by atoms with Crippen molar-refractivity contribution < 1.29 is 0 Å². The average molecular weight is 121 g/mol. The topological polar surface area (TPSA) is 37.8 Å². The summed E-state index contributed by atoms with van der Waals surface area (Å²) >= 11 is 0. The van der Waals surface area contributed by atoms with Gasteiger partial charge in [-0.15, -0.1) is 0 Å². The van der Waals surface area contributed by atoms with Gasteiger partial charge in [0, 0.05) is 32.2 Å². The van der Waals surface area contributed by atoms with Crippen molar-refractivity contribution in [2.24, 2.45) is 0 Å². The number of hydrogen-bond donors (Lipinski definition) is 1. The molecular weight excluding hydrogens is 114 g/mol. The van der Waals surface area contributed by atoms with Crippen LogP contribution in [0.15, 0.2) is 18.6 Å². The van der Waals surface area contributed by atoms with E-state index in [0.717, 1.165) is 5.69 Å². The molecule has 0 aliphatic carbocycles. The zero-order chi connectivity index (χ0) is 6.53. The zero-order valence-electron chi connectivity index (χ0n) is 4.91. The predicted molar refractivity (Wildman–Crippen MR) is 33.2 cm³/mol. The van der Waals surface area contributed by atoms with Gasteiger partial charge in [-0.05, 0) is 0 Å². The van der Waals surface area contributed by atoms with Crippen molar-refractivity contribution >= 4 is 0 Å². The number of nitrogens with one attached hydrogen (secondary N) is 1. The van der Waals surface area contributed by atoms with Crippen molar-refractivity contribution in [1.82, 2.24) is 15.3 Å². The molecule has 3 nitrogen and oxygen atoms in total. The smallest absolute Gasteiger partial charge is 0.0724 e. The molecule has 2 radical (unpaired) electrons. The van der Waals surface area contributed by atoms with Gasteiger partial charge in [0.05, 0.1) is 5.69 Å². The highest BCUT2D eigenvalue weighted by Crippen LogP contribution is 1.86. The van der Waals surface area contributed by atoms with Crippen LogP contribution in [0.3, 0.4) is 0 Å². The summed E-state index contributed by atoms with van der Waals surface area (Å²) in [5, 5.41) is 2.48. The molecule has 1 N–H and O–H groups in total. The molecule has 0 saturated heterocycles. The summed E-state index contributed by atoms with van der Waals surface area (Å²) in [5.41, 5.74) is 0.847. The van der Waals surface area contributed by atoms with Gasteiger partial charge >= 0.3 is 0 Å². The molecule has 0 atom stereocenters. The van der Waals surface area contributed by atoms with E-state index in [2.05, 4.69) is 15.3 Å². The lowest BCUT2D eigenvalue weighted by Gasteiger charge is -1.93. The molecule has 0 aliphatic rings. The Morgan fingerprint density at radius 2 is 2.44 bits per heavy atom. The van der Waals surface area contributed by atoms with Gasteiger partial charge in [-0.25, -0.2) is 0 Å². The molecule has 0 aromatic carbocycles. The third-order valence-electron chi connectivity index (χ3n) is 0.900. The van der Waals surface area contributed by atoms with Gasteiger partial charge in [0.1, 0.15) is 0 Å². The van der Waals surface area contributed by atoms with Crippen LogP contribution in [0.2, 0.25) is 0 Å². The second-order valence-electron chi connectivity index (χ2n) is 1.58. The second-order valence-corrected chi connectivity index (χ2v) is 1.58.